The van der Waals surface area contributed by atoms with Gasteiger partial charge >= 0.3 is 0 Å². The van der Waals surface area contributed by atoms with Crippen molar-refractivity contribution in [2.45, 2.75) is 13.5 Å². The largest absolute Gasteiger partial charge is 0.454 e. The number of benzene rings is 2. The molecule has 5 rings (SSSR count). The molecule has 4 aromatic rings. The predicted octanol–water partition coefficient (Wildman–Crippen LogP) is 3.81. The van der Waals surface area contributed by atoms with Crippen LogP contribution in [0.15, 0.2) is 54.9 Å². The van der Waals surface area contributed by atoms with Crippen LogP contribution in [-0.4, -0.2) is 32.9 Å². The van der Waals surface area contributed by atoms with Crippen molar-refractivity contribution in [2.75, 3.05) is 11.7 Å². The summed E-state index contributed by atoms with van der Waals surface area (Å²) in [6.07, 6.45) is 1.42. The van der Waals surface area contributed by atoms with Crippen LogP contribution in [0.2, 0.25) is 0 Å². The molecule has 1 amide bonds. The topological polar surface area (TPSA) is 93.2 Å². The van der Waals surface area contributed by atoms with E-state index < -0.39 is 0 Å². The zero-order valence-electron chi connectivity index (χ0n) is 16.0. The van der Waals surface area contributed by atoms with Crippen LogP contribution in [0.4, 0.5) is 5.69 Å². The Morgan fingerprint density at radius 1 is 1.17 bits per heavy atom. The molecular weight excluding hydrogens is 402 g/mol. The summed E-state index contributed by atoms with van der Waals surface area (Å²) >= 11 is 1.30. The van der Waals surface area contributed by atoms with Gasteiger partial charge in [-0.05, 0) is 36.8 Å². The highest BCUT2D eigenvalue weighted by atomic mass is 32.1. The van der Waals surface area contributed by atoms with E-state index in [0.29, 0.717) is 39.4 Å². The Morgan fingerprint density at radius 3 is 2.80 bits per heavy atom. The molecule has 0 saturated carbocycles. The molecule has 3 heterocycles. The van der Waals surface area contributed by atoms with Crippen molar-refractivity contribution in [3.63, 3.8) is 0 Å². The van der Waals surface area contributed by atoms with Crippen LogP contribution < -0.4 is 14.4 Å². The molecule has 1 N–H and O–H groups in total. The molecule has 0 spiro atoms. The van der Waals surface area contributed by atoms with Crippen LogP contribution in [0.25, 0.3) is 10.8 Å². The van der Waals surface area contributed by atoms with E-state index in [1.165, 1.54) is 17.7 Å². The van der Waals surface area contributed by atoms with Gasteiger partial charge in [0, 0.05) is 5.69 Å². The lowest BCUT2D eigenvalue weighted by Gasteiger charge is -2.23. The van der Waals surface area contributed by atoms with E-state index in [4.69, 9.17) is 9.47 Å². The second-order valence-electron chi connectivity index (χ2n) is 6.68. The first-order valence-electron chi connectivity index (χ1n) is 9.27. The number of aromatic nitrogens is 4. The lowest BCUT2D eigenvalue weighted by molar-refractivity contribution is 0.0988. The maximum absolute atomic E-state index is 13.6. The molecule has 8 nitrogen and oxygen atoms in total. The number of rotatable bonds is 5. The molecule has 30 heavy (non-hydrogen) atoms. The van der Waals surface area contributed by atoms with Crippen molar-refractivity contribution in [3.05, 3.63) is 71.0 Å². The highest BCUT2D eigenvalue weighted by Gasteiger charge is 2.25. The van der Waals surface area contributed by atoms with Crippen LogP contribution in [0, 0.1) is 6.92 Å². The van der Waals surface area contributed by atoms with Gasteiger partial charge in [0.25, 0.3) is 5.91 Å². The average molecular weight is 419 g/mol. The summed E-state index contributed by atoms with van der Waals surface area (Å²) in [6.45, 7) is 2.42. The summed E-state index contributed by atoms with van der Waals surface area (Å²) < 4.78 is 10.9. The number of nitrogens with zero attached hydrogens (tertiary/aromatic N) is 4. The van der Waals surface area contributed by atoms with Gasteiger partial charge in [-0.3, -0.25) is 9.89 Å². The van der Waals surface area contributed by atoms with E-state index in [1.54, 1.807) is 4.90 Å². The molecule has 0 radical (unpaired) electrons. The molecule has 0 aliphatic carbocycles. The standard InChI is InChI=1S/C21H17N5O3S/c1-13-18(30-20(24-13)19-22-11-23-25-19)21(27)26(15-5-3-2-4-6-15)10-14-7-8-16-17(9-14)29-12-28-16/h2-9,11H,10,12H2,1H3,(H,22,23,25). The summed E-state index contributed by atoms with van der Waals surface area (Å²) in [5.74, 6) is 1.82. The van der Waals surface area contributed by atoms with E-state index >= 15 is 0 Å². The molecule has 2 aromatic carbocycles. The van der Waals surface area contributed by atoms with Gasteiger partial charge in [0.2, 0.25) is 6.79 Å². The molecule has 0 atom stereocenters. The van der Waals surface area contributed by atoms with Crippen molar-refractivity contribution in [1.29, 1.82) is 0 Å². The lowest BCUT2D eigenvalue weighted by Crippen LogP contribution is -2.30. The average Bonchev–Trinajstić information content (AvgIpc) is 3.52. The van der Waals surface area contributed by atoms with Crippen molar-refractivity contribution in [1.82, 2.24) is 20.2 Å². The SMILES string of the molecule is Cc1nc(-c2ncn[nH]2)sc1C(=O)N(Cc1ccc2c(c1)OCO2)c1ccccc1. The quantitative estimate of drug-likeness (QED) is 0.529. The Morgan fingerprint density at radius 2 is 2.00 bits per heavy atom. The third-order valence-electron chi connectivity index (χ3n) is 4.70. The molecule has 0 saturated heterocycles. The second kappa shape index (κ2) is 7.60. The minimum absolute atomic E-state index is 0.125. The van der Waals surface area contributed by atoms with Gasteiger partial charge in [0.05, 0.1) is 12.2 Å². The summed E-state index contributed by atoms with van der Waals surface area (Å²) in [4.78, 5) is 24.5. The lowest BCUT2D eigenvalue weighted by atomic mass is 10.1. The molecule has 9 heteroatoms. The van der Waals surface area contributed by atoms with Crippen LogP contribution in [0.1, 0.15) is 20.9 Å². The number of carbonyl (C=O) groups excluding carboxylic acids is 1. The second-order valence-corrected chi connectivity index (χ2v) is 7.68. The number of amides is 1. The third kappa shape index (κ3) is 3.39. The first-order chi connectivity index (χ1) is 14.7. The van der Waals surface area contributed by atoms with E-state index in [9.17, 15) is 4.79 Å². The summed E-state index contributed by atoms with van der Waals surface area (Å²) in [5, 5.41) is 7.29. The van der Waals surface area contributed by atoms with E-state index in [1.807, 2.05) is 55.5 Å². The Kier molecular flexibility index (Phi) is 4.64. The van der Waals surface area contributed by atoms with Gasteiger partial charge in [0.15, 0.2) is 22.3 Å². The van der Waals surface area contributed by atoms with Gasteiger partial charge in [-0.1, -0.05) is 24.3 Å². The third-order valence-corrected chi connectivity index (χ3v) is 5.85. The molecule has 2 aromatic heterocycles. The van der Waals surface area contributed by atoms with Gasteiger partial charge in [-0.2, -0.15) is 5.10 Å². The number of fused-ring (bicyclic) bond motifs is 1. The monoisotopic (exact) mass is 419 g/mol. The minimum atomic E-state index is -0.125. The number of aromatic amines is 1. The normalized spacial score (nSPS) is 12.2. The Bertz CT molecular complexity index is 1190. The number of carbonyl (C=O) groups is 1. The summed E-state index contributed by atoms with van der Waals surface area (Å²) in [6, 6.07) is 15.3. The van der Waals surface area contributed by atoms with E-state index in [-0.39, 0.29) is 12.7 Å². The van der Waals surface area contributed by atoms with Crippen LogP contribution >= 0.6 is 11.3 Å². The smallest absolute Gasteiger partial charge is 0.270 e. The van der Waals surface area contributed by atoms with Crippen molar-refractivity contribution in [2.24, 2.45) is 0 Å². The minimum Gasteiger partial charge on any atom is -0.454 e. The van der Waals surface area contributed by atoms with Gasteiger partial charge in [-0.15, -0.1) is 11.3 Å². The number of ether oxygens (including phenoxy) is 2. The fraction of sp³-hybridized carbons (Fsp3) is 0.143. The number of anilines is 1. The first-order valence-corrected chi connectivity index (χ1v) is 10.1. The fourth-order valence-electron chi connectivity index (χ4n) is 3.24. The first kappa shape index (κ1) is 18.3. The number of thiazole rings is 1. The summed E-state index contributed by atoms with van der Waals surface area (Å²) in [7, 11) is 0. The van der Waals surface area contributed by atoms with Crippen LogP contribution in [0.3, 0.4) is 0 Å². The Balaban J connectivity index is 1.50. The highest BCUT2D eigenvalue weighted by Crippen LogP contribution is 2.34. The molecule has 0 unspecified atom stereocenters. The predicted molar refractivity (Wildman–Crippen MR) is 112 cm³/mol. The number of para-hydroxylation sites is 1. The number of H-pyrrole nitrogens is 1. The maximum atomic E-state index is 13.6. The highest BCUT2D eigenvalue weighted by molar-refractivity contribution is 7.17. The Hall–Kier alpha value is -3.72. The number of hydrogen-bond acceptors (Lipinski definition) is 7. The molecule has 1 aliphatic rings. The Labute approximate surface area is 176 Å². The molecule has 0 fully saturated rings. The van der Waals surface area contributed by atoms with Gasteiger partial charge in [-0.25, -0.2) is 9.97 Å². The van der Waals surface area contributed by atoms with Crippen molar-refractivity contribution < 1.29 is 14.3 Å². The zero-order chi connectivity index (χ0) is 20.5. The van der Waals surface area contributed by atoms with E-state index in [0.717, 1.165) is 11.3 Å². The van der Waals surface area contributed by atoms with Crippen LogP contribution in [-0.2, 0) is 6.54 Å². The number of aryl methyl sites for hydroxylation is 1. The molecular formula is C21H17N5O3S. The van der Waals surface area contributed by atoms with Crippen molar-refractivity contribution >= 4 is 22.9 Å². The number of nitrogens with one attached hydrogen (secondary N) is 1. The molecule has 150 valence electrons. The van der Waals surface area contributed by atoms with Gasteiger partial charge in [0.1, 0.15) is 11.2 Å². The zero-order valence-corrected chi connectivity index (χ0v) is 16.8. The van der Waals surface area contributed by atoms with Crippen molar-refractivity contribution in [3.8, 4) is 22.3 Å². The number of hydrogen-bond donors (Lipinski definition) is 1. The van der Waals surface area contributed by atoms with Gasteiger partial charge < -0.3 is 14.4 Å². The fourth-order valence-corrected chi connectivity index (χ4v) is 4.20. The maximum Gasteiger partial charge on any atom is 0.270 e. The van der Waals surface area contributed by atoms with E-state index in [2.05, 4.69) is 20.2 Å². The van der Waals surface area contributed by atoms with Crippen LogP contribution in [0.5, 0.6) is 11.5 Å². The molecule has 1 aliphatic heterocycles. The molecule has 0 bridgehead atoms. The summed E-state index contributed by atoms with van der Waals surface area (Å²) in [5.41, 5.74) is 2.39.